The van der Waals surface area contributed by atoms with Crippen molar-refractivity contribution in [2.75, 3.05) is 26.2 Å². The number of hydrogen-bond donors (Lipinski definition) is 4. The number of benzene rings is 2. The summed E-state index contributed by atoms with van der Waals surface area (Å²) in [6.07, 6.45) is -16.2. The fourth-order valence-corrected chi connectivity index (χ4v) is 1.97. The molecule has 30 heavy (non-hydrogen) atoms. The number of unbranched alkanes of at least 4 members (excludes halogenated alkanes) is 1. The van der Waals surface area contributed by atoms with E-state index in [0.29, 0.717) is 0 Å². The number of rotatable bonds is 16. The predicted octanol–water partition coefficient (Wildman–Crippen LogP) is 4.11. The smallest absolute Gasteiger partial charge is 0.121 e. The highest BCUT2D eigenvalue weighted by molar-refractivity contribution is 5.36. The molecular formula is C25H37NO4. The van der Waals surface area contributed by atoms with Gasteiger partial charge >= 0.3 is 0 Å². The molecule has 1 unspecified atom stereocenters. The SMILES string of the molecule is [2H]c1cc([2H])c(C([2H])([2H])C([2H])([2H])C([2H])([2H])C([2H])([2H])OC([2H])([2H])CCCCC([2H])([2H])NCC([2H])(O)c2c([2H])c([2H])c(O)c(C([2H])([2H])O)c2[2H])c([2H])c1. The molecule has 0 amide bonds. The van der Waals surface area contributed by atoms with E-state index < -0.39 is 123 Å². The van der Waals surface area contributed by atoms with E-state index in [1.54, 1.807) is 0 Å². The first-order valence-electron chi connectivity index (χ1n) is 19.4. The molecular weight excluding hydrogens is 378 g/mol. The minimum atomic E-state index is -3.97. The van der Waals surface area contributed by atoms with Gasteiger partial charge in [-0.15, -0.1) is 0 Å². The van der Waals surface area contributed by atoms with Crippen LogP contribution in [0.4, 0.5) is 0 Å². The topological polar surface area (TPSA) is 82.0 Å². The third-order valence-electron chi connectivity index (χ3n) is 3.43. The molecule has 5 nitrogen and oxygen atoms in total. The van der Waals surface area contributed by atoms with E-state index in [1.807, 2.05) is 0 Å². The van der Waals surface area contributed by atoms with E-state index in [1.165, 1.54) is 0 Å². The fourth-order valence-electron chi connectivity index (χ4n) is 1.97. The molecule has 0 radical (unpaired) electrons. The Labute approximate surface area is 210 Å². The molecule has 166 valence electrons. The average Bonchev–Trinajstić information content (AvgIpc) is 2.91. The van der Waals surface area contributed by atoms with Crippen molar-refractivity contribution in [2.45, 2.75) is 57.4 Å². The lowest BCUT2D eigenvalue weighted by Gasteiger charge is -2.14. The molecule has 0 heterocycles. The molecule has 0 aliphatic heterocycles. The van der Waals surface area contributed by atoms with E-state index >= 15 is 0 Å². The van der Waals surface area contributed by atoms with Crippen molar-refractivity contribution >= 4 is 0 Å². The van der Waals surface area contributed by atoms with E-state index in [2.05, 4.69) is 5.32 Å². The Hall–Kier alpha value is -1.92. The van der Waals surface area contributed by atoms with Gasteiger partial charge in [0, 0.05) is 36.2 Å². The number of ether oxygens (including phenoxy) is 1. The predicted molar refractivity (Wildman–Crippen MR) is 121 cm³/mol. The van der Waals surface area contributed by atoms with Crippen LogP contribution in [-0.4, -0.2) is 41.5 Å². The monoisotopic (exact) mass is 436 g/mol. The lowest BCUT2D eigenvalue weighted by Crippen LogP contribution is -2.22. The van der Waals surface area contributed by atoms with Crippen molar-refractivity contribution in [1.82, 2.24) is 5.32 Å². The number of nitrogens with one attached hydrogen (secondary N) is 1. The van der Waals surface area contributed by atoms with Crippen LogP contribution in [0.5, 0.6) is 5.75 Å². The Morgan fingerprint density at radius 1 is 1.07 bits per heavy atom. The molecule has 5 heteroatoms. The van der Waals surface area contributed by atoms with Crippen LogP contribution in [-0.2, 0) is 17.7 Å². The van der Waals surface area contributed by atoms with Crippen LogP contribution in [0.25, 0.3) is 0 Å². The molecule has 0 saturated heterocycles. The first kappa shape index (κ1) is 8.21. The summed E-state index contributed by atoms with van der Waals surface area (Å²) in [4.78, 5) is 0. The quantitative estimate of drug-likeness (QED) is 0.298. The molecule has 2 aromatic rings. The second kappa shape index (κ2) is 15.0. The summed E-state index contributed by atoms with van der Waals surface area (Å²) in [5, 5.41) is 32.5. The molecule has 2 aromatic carbocycles. The van der Waals surface area contributed by atoms with Gasteiger partial charge in [-0.3, -0.25) is 0 Å². The van der Waals surface area contributed by atoms with Gasteiger partial charge in [-0.05, 0) is 61.7 Å². The summed E-state index contributed by atoms with van der Waals surface area (Å²) >= 11 is 0. The van der Waals surface area contributed by atoms with E-state index in [4.69, 9.17) is 33.5 Å². The molecule has 1 atom stereocenters. The number of aliphatic hydroxyl groups is 2. The molecule has 0 aliphatic carbocycles. The zero-order chi connectivity index (χ0) is 40.1. The molecule has 0 bridgehead atoms. The standard InChI is InChI=1S/C25H37NO4/c27-20-23-18-22(13-14-24(23)28)25(29)19-26-15-7-1-2-8-16-30-17-9-6-12-21-10-4-3-5-11-21/h3-5,10-11,13-14,18,25-29H,1-2,6-9,12,15-17,19-20H2/i3D,6D2,9D2,10D,11D,12D2,13D,14D,15D2,16D2,17D2,18D,20D2,25D. The molecule has 2 rings (SSSR count). The van der Waals surface area contributed by atoms with Gasteiger partial charge in [-0.2, -0.15) is 0 Å². The van der Waals surface area contributed by atoms with Crippen LogP contribution in [0.15, 0.2) is 48.4 Å². The summed E-state index contributed by atoms with van der Waals surface area (Å²) in [5.41, 5.74) is -3.19. The van der Waals surface area contributed by atoms with E-state index in [0.717, 1.165) is 12.1 Å². The van der Waals surface area contributed by atoms with Crippen molar-refractivity contribution < 1.29 is 48.8 Å². The highest BCUT2D eigenvalue weighted by Crippen LogP contribution is 2.22. The zero-order valence-electron chi connectivity index (χ0n) is 36.9. The number of phenols is 1. The minimum Gasteiger partial charge on any atom is -0.508 e. The Balaban J connectivity index is 2.14. The molecule has 0 saturated carbocycles. The molecule has 4 N–H and O–H groups in total. The van der Waals surface area contributed by atoms with Gasteiger partial charge in [-0.1, -0.05) is 49.1 Å². The highest BCUT2D eigenvalue weighted by atomic mass is 16.5. The summed E-state index contributed by atoms with van der Waals surface area (Å²) in [7, 11) is 0. The third kappa shape index (κ3) is 9.72. The highest BCUT2D eigenvalue weighted by Gasteiger charge is 2.09. The van der Waals surface area contributed by atoms with Gasteiger partial charge in [0.2, 0.25) is 0 Å². The molecule has 0 fully saturated rings. The van der Waals surface area contributed by atoms with Crippen LogP contribution in [0.2, 0.25) is 0 Å². The van der Waals surface area contributed by atoms with Crippen molar-refractivity contribution in [3.8, 4) is 5.75 Å². The summed E-state index contributed by atoms with van der Waals surface area (Å²) in [5.74, 6) is -1.27. The van der Waals surface area contributed by atoms with Crippen molar-refractivity contribution in [2.24, 2.45) is 0 Å². The summed E-state index contributed by atoms with van der Waals surface area (Å²) in [6.45, 7) is -13.9. The largest absolute Gasteiger partial charge is 0.508 e. The van der Waals surface area contributed by atoms with E-state index in [9.17, 15) is 15.3 Å². The Kier molecular flexibility index (Phi) is 4.10. The van der Waals surface area contributed by atoms with Gasteiger partial charge < -0.3 is 25.4 Å². The normalized spacial score (nSPS) is 26.8. The number of hydrogen-bond acceptors (Lipinski definition) is 5. The first-order chi connectivity index (χ1) is 22.6. The van der Waals surface area contributed by atoms with Gasteiger partial charge in [0.15, 0.2) is 0 Å². The zero-order valence-corrected chi connectivity index (χ0v) is 15.9. The van der Waals surface area contributed by atoms with Gasteiger partial charge in [-0.25, -0.2) is 0 Å². The maximum Gasteiger partial charge on any atom is 0.121 e. The maximum atomic E-state index is 10.7. The summed E-state index contributed by atoms with van der Waals surface area (Å²) < 4.78 is 173. The second-order valence-corrected chi connectivity index (χ2v) is 5.61. The van der Waals surface area contributed by atoms with Crippen LogP contribution in [0, 0.1) is 0 Å². The molecule has 0 aromatic heterocycles. The Morgan fingerprint density at radius 3 is 2.67 bits per heavy atom. The van der Waals surface area contributed by atoms with E-state index in [-0.39, 0.29) is 18.9 Å². The van der Waals surface area contributed by atoms with Crippen LogP contribution < -0.4 is 5.32 Å². The van der Waals surface area contributed by atoms with Gasteiger partial charge in [0.05, 0.1) is 30.5 Å². The molecule has 0 spiro atoms. The Bertz CT molecular complexity index is 1570. The minimum absolute atomic E-state index is 0.207. The van der Waals surface area contributed by atoms with Crippen molar-refractivity contribution in [3.63, 3.8) is 0 Å². The lowest BCUT2D eigenvalue weighted by molar-refractivity contribution is 0.126. The van der Waals surface area contributed by atoms with Crippen LogP contribution in [0.1, 0.15) is 90.0 Å². The van der Waals surface area contributed by atoms with Crippen LogP contribution in [0.3, 0.4) is 0 Å². The van der Waals surface area contributed by atoms with Gasteiger partial charge in [0.25, 0.3) is 0 Å². The van der Waals surface area contributed by atoms with Gasteiger partial charge in [0.1, 0.15) is 5.75 Å². The van der Waals surface area contributed by atoms with Crippen molar-refractivity contribution in [3.05, 3.63) is 65.1 Å². The summed E-state index contributed by atoms with van der Waals surface area (Å²) in [6, 6.07) is -3.81. The van der Waals surface area contributed by atoms with Crippen molar-refractivity contribution in [1.29, 1.82) is 0 Å². The average molecular weight is 437 g/mol. The third-order valence-corrected chi connectivity index (χ3v) is 3.43. The second-order valence-electron chi connectivity index (χ2n) is 5.61. The Morgan fingerprint density at radius 2 is 1.87 bits per heavy atom. The molecule has 0 aliphatic rings. The first-order valence-corrected chi connectivity index (χ1v) is 8.90. The number of aromatic hydroxyl groups is 1. The maximum absolute atomic E-state index is 10.7. The fraction of sp³-hybridized carbons (Fsp3) is 0.520. The van der Waals surface area contributed by atoms with Crippen LogP contribution >= 0.6 is 0 Å². The lowest BCUT2D eigenvalue weighted by atomic mass is 10.1.